The molecule has 0 unspecified atom stereocenters. The first kappa shape index (κ1) is 8.31. The van der Waals surface area contributed by atoms with Gasteiger partial charge in [0.2, 0.25) is 5.89 Å². The van der Waals surface area contributed by atoms with Crippen molar-refractivity contribution >= 4 is 11.6 Å². The van der Waals surface area contributed by atoms with E-state index in [1.54, 1.807) is 19.1 Å². The molecule has 0 aliphatic carbocycles. The molecule has 0 bridgehead atoms. The molecule has 2 rings (SSSR count). The molecule has 0 saturated carbocycles. The summed E-state index contributed by atoms with van der Waals surface area (Å²) in [7, 11) is 0. The number of aryl methyl sites for hydroxylation is 1. The van der Waals surface area contributed by atoms with Crippen LogP contribution in [0.15, 0.2) is 21.0 Å². The quantitative estimate of drug-likeness (QED) is 0.696. The first-order chi connectivity index (χ1) is 6.29. The highest BCUT2D eigenvalue weighted by Gasteiger charge is 2.09. The molecule has 0 radical (unpaired) electrons. The Morgan fingerprint density at radius 1 is 1.31 bits per heavy atom. The van der Waals surface area contributed by atoms with E-state index in [1.807, 2.05) is 0 Å². The maximum Gasteiger partial charge on any atom is 0.283 e. The van der Waals surface area contributed by atoms with E-state index in [2.05, 4.69) is 10.2 Å². The maximum atomic E-state index is 5.57. The zero-order chi connectivity index (χ0) is 9.26. The summed E-state index contributed by atoms with van der Waals surface area (Å²) in [5, 5.41) is 7.50. The van der Waals surface area contributed by atoms with Crippen LogP contribution in [0.5, 0.6) is 0 Å². The minimum atomic E-state index is 0.340. The van der Waals surface area contributed by atoms with Crippen molar-refractivity contribution in [2.75, 3.05) is 0 Å². The number of furan rings is 1. The zero-order valence-corrected chi connectivity index (χ0v) is 7.71. The van der Waals surface area contributed by atoms with Crippen molar-refractivity contribution in [2.45, 2.75) is 12.8 Å². The minimum absolute atomic E-state index is 0.340. The lowest BCUT2D eigenvalue weighted by atomic mass is 10.4. The molecule has 0 atom stereocenters. The van der Waals surface area contributed by atoms with Gasteiger partial charge in [0, 0.05) is 6.92 Å². The lowest BCUT2D eigenvalue weighted by Crippen LogP contribution is -1.72. The van der Waals surface area contributed by atoms with Crippen LogP contribution in [-0.2, 0) is 5.88 Å². The summed E-state index contributed by atoms with van der Waals surface area (Å²) in [6.07, 6.45) is 0. The molecular formula is C8H7ClN2O2. The van der Waals surface area contributed by atoms with E-state index < -0.39 is 0 Å². The average molecular weight is 199 g/mol. The fraction of sp³-hybridized carbons (Fsp3) is 0.250. The molecule has 4 nitrogen and oxygen atoms in total. The summed E-state index contributed by atoms with van der Waals surface area (Å²) in [6, 6.07) is 3.53. The molecule has 0 amide bonds. The van der Waals surface area contributed by atoms with Crippen LogP contribution in [0.4, 0.5) is 0 Å². The highest BCUT2D eigenvalue weighted by molar-refractivity contribution is 6.16. The normalized spacial score (nSPS) is 10.6. The van der Waals surface area contributed by atoms with Crippen LogP contribution < -0.4 is 0 Å². The second kappa shape index (κ2) is 3.22. The molecule has 0 N–H and O–H groups in total. The van der Waals surface area contributed by atoms with Gasteiger partial charge < -0.3 is 8.83 Å². The van der Waals surface area contributed by atoms with Crippen molar-refractivity contribution in [3.8, 4) is 11.7 Å². The van der Waals surface area contributed by atoms with Gasteiger partial charge in [-0.2, -0.15) is 0 Å². The Bertz CT molecular complexity index is 408. The number of hydrogen-bond acceptors (Lipinski definition) is 4. The zero-order valence-electron chi connectivity index (χ0n) is 6.95. The molecule has 0 saturated heterocycles. The standard InChI is InChI=1S/C8H7ClN2O2/c1-5-10-11-8(12-5)7-3-2-6(4-9)13-7/h2-3H,4H2,1H3. The van der Waals surface area contributed by atoms with Gasteiger partial charge in [-0.3, -0.25) is 0 Å². The first-order valence-corrected chi connectivity index (χ1v) is 4.28. The highest BCUT2D eigenvalue weighted by atomic mass is 35.5. The average Bonchev–Trinajstić information content (AvgIpc) is 2.71. The predicted octanol–water partition coefficient (Wildman–Crippen LogP) is 2.38. The fourth-order valence-corrected chi connectivity index (χ4v) is 1.10. The Hall–Kier alpha value is -1.29. The number of rotatable bonds is 2. The highest BCUT2D eigenvalue weighted by Crippen LogP contribution is 2.21. The second-order valence-corrected chi connectivity index (χ2v) is 2.79. The Kier molecular flexibility index (Phi) is 2.06. The van der Waals surface area contributed by atoms with E-state index in [0.29, 0.717) is 29.2 Å². The molecule has 2 aromatic heterocycles. The summed E-state index contributed by atoms with van der Waals surface area (Å²) < 4.78 is 10.5. The topological polar surface area (TPSA) is 52.1 Å². The van der Waals surface area contributed by atoms with Crippen molar-refractivity contribution in [1.29, 1.82) is 0 Å². The van der Waals surface area contributed by atoms with Crippen LogP contribution in [0.25, 0.3) is 11.7 Å². The second-order valence-electron chi connectivity index (χ2n) is 2.53. The summed E-state index contributed by atoms with van der Waals surface area (Å²) in [4.78, 5) is 0. The third-order valence-electron chi connectivity index (χ3n) is 1.53. The van der Waals surface area contributed by atoms with Crippen LogP contribution >= 0.6 is 11.6 Å². The minimum Gasteiger partial charge on any atom is -0.455 e. The van der Waals surface area contributed by atoms with Crippen LogP contribution in [0.2, 0.25) is 0 Å². The number of hydrogen-bond donors (Lipinski definition) is 0. The lowest BCUT2D eigenvalue weighted by Gasteiger charge is -1.86. The Morgan fingerprint density at radius 3 is 2.69 bits per heavy atom. The van der Waals surface area contributed by atoms with Gasteiger partial charge in [-0.1, -0.05) is 0 Å². The van der Waals surface area contributed by atoms with Crippen LogP contribution in [0.3, 0.4) is 0 Å². The van der Waals surface area contributed by atoms with Gasteiger partial charge in [-0.15, -0.1) is 21.8 Å². The van der Waals surface area contributed by atoms with E-state index in [1.165, 1.54) is 0 Å². The SMILES string of the molecule is Cc1nnc(-c2ccc(CCl)o2)o1. The molecule has 5 heteroatoms. The van der Waals surface area contributed by atoms with Gasteiger partial charge in [0.25, 0.3) is 5.89 Å². The Labute approximate surface area is 79.5 Å². The molecule has 0 aromatic carbocycles. The van der Waals surface area contributed by atoms with Gasteiger partial charge in [-0.05, 0) is 12.1 Å². The largest absolute Gasteiger partial charge is 0.455 e. The number of halogens is 1. The van der Waals surface area contributed by atoms with E-state index in [0.717, 1.165) is 0 Å². The van der Waals surface area contributed by atoms with Crippen LogP contribution in [-0.4, -0.2) is 10.2 Å². The third kappa shape index (κ3) is 1.58. The van der Waals surface area contributed by atoms with Crippen molar-refractivity contribution in [1.82, 2.24) is 10.2 Å². The summed E-state index contributed by atoms with van der Waals surface area (Å²) in [5.74, 6) is 2.48. The Balaban J connectivity index is 2.35. The van der Waals surface area contributed by atoms with Gasteiger partial charge in [0.15, 0.2) is 5.76 Å². The molecule has 2 aromatic rings. The van der Waals surface area contributed by atoms with Crippen molar-refractivity contribution in [2.24, 2.45) is 0 Å². The molecule has 0 spiro atoms. The van der Waals surface area contributed by atoms with E-state index >= 15 is 0 Å². The number of alkyl halides is 1. The molecule has 68 valence electrons. The van der Waals surface area contributed by atoms with E-state index in [-0.39, 0.29) is 0 Å². The third-order valence-corrected chi connectivity index (χ3v) is 1.79. The monoisotopic (exact) mass is 198 g/mol. The summed E-state index contributed by atoms with van der Waals surface area (Å²) >= 11 is 5.57. The molecule has 2 heterocycles. The van der Waals surface area contributed by atoms with Crippen molar-refractivity contribution in [3.63, 3.8) is 0 Å². The molecular weight excluding hydrogens is 192 g/mol. The van der Waals surface area contributed by atoms with Gasteiger partial charge in [-0.25, -0.2) is 0 Å². The summed E-state index contributed by atoms with van der Waals surface area (Å²) in [6.45, 7) is 1.72. The van der Waals surface area contributed by atoms with Gasteiger partial charge in [0.05, 0.1) is 5.88 Å². The first-order valence-electron chi connectivity index (χ1n) is 3.75. The fourth-order valence-electron chi connectivity index (χ4n) is 0.961. The molecule has 0 fully saturated rings. The Morgan fingerprint density at radius 2 is 2.15 bits per heavy atom. The molecule has 13 heavy (non-hydrogen) atoms. The smallest absolute Gasteiger partial charge is 0.283 e. The van der Waals surface area contributed by atoms with E-state index in [9.17, 15) is 0 Å². The summed E-state index contributed by atoms with van der Waals surface area (Å²) in [5.41, 5.74) is 0. The number of nitrogens with zero attached hydrogens (tertiary/aromatic N) is 2. The van der Waals surface area contributed by atoms with Crippen molar-refractivity contribution < 1.29 is 8.83 Å². The number of aromatic nitrogens is 2. The molecule has 0 aliphatic rings. The van der Waals surface area contributed by atoms with E-state index in [4.69, 9.17) is 20.4 Å². The predicted molar refractivity (Wildman–Crippen MR) is 46.3 cm³/mol. The maximum absolute atomic E-state index is 5.57. The lowest BCUT2D eigenvalue weighted by molar-refractivity contribution is 0.484. The van der Waals surface area contributed by atoms with Crippen LogP contribution in [0.1, 0.15) is 11.7 Å². The van der Waals surface area contributed by atoms with Crippen LogP contribution in [0, 0.1) is 6.92 Å². The van der Waals surface area contributed by atoms with Crippen molar-refractivity contribution in [3.05, 3.63) is 23.8 Å². The van der Waals surface area contributed by atoms with Gasteiger partial charge in [0.1, 0.15) is 5.76 Å². The van der Waals surface area contributed by atoms with Gasteiger partial charge >= 0.3 is 0 Å². The molecule has 0 aliphatic heterocycles.